The van der Waals surface area contributed by atoms with Gasteiger partial charge in [-0.3, -0.25) is 4.79 Å². The molecule has 2 aliphatic rings. The van der Waals surface area contributed by atoms with Crippen molar-refractivity contribution < 1.29 is 32.6 Å². The zero-order valence-corrected chi connectivity index (χ0v) is 17.9. The average molecular weight is 441 g/mol. The van der Waals surface area contributed by atoms with Crippen LogP contribution in [-0.4, -0.2) is 68.7 Å². The summed E-state index contributed by atoms with van der Waals surface area (Å²) in [6, 6.07) is 4.56. The Balaban J connectivity index is 1.80. The maximum atomic E-state index is 13.1. The van der Waals surface area contributed by atoms with E-state index in [-0.39, 0.29) is 30.2 Å². The van der Waals surface area contributed by atoms with Crippen LogP contribution in [0.4, 0.5) is 0 Å². The van der Waals surface area contributed by atoms with Crippen molar-refractivity contribution in [2.75, 3.05) is 33.4 Å². The average Bonchev–Trinajstić information content (AvgIpc) is 2.74. The largest absolute Gasteiger partial charge is 0.495 e. The maximum Gasteiger partial charge on any atom is 0.329 e. The maximum absolute atomic E-state index is 13.1. The number of carbonyl (C=O) groups excluding carboxylic acids is 1. The number of morpholine rings is 1. The fraction of sp³-hybridized carbons (Fsp3) is 0.600. The molecule has 1 aromatic rings. The predicted octanol–water partition coefficient (Wildman–Crippen LogP) is 1.16. The number of hydrogen-bond donors (Lipinski definition) is 2. The number of carbonyl (C=O) groups is 2. The minimum atomic E-state index is -3.81. The van der Waals surface area contributed by atoms with E-state index in [9.17, 15) is 23.1 Å². The number of hydrogen-bond acceptors (Lipinski definition) is 6. The lowest BCUT2D eigenvalue weighted by molar-refractivity contribution is -0.149. The van der Waals surface area contributed by atoms with Gasteiger partial charge in [-0.25, -0.2) is 13.2 Å². The van der Waals surface area contributed by atoms with Gasteiger partial charge in [-0.15, -0.1) is 0 Å². The molecule has 9 nitrogen and oxygen atoms in total. The van der Waals surface area contributed by atoms with Crippen molar-refractivity contribution in [3.63, 3.8) is 0 Å². The van der Waals surface area contributed by atoms with E-state index >= 15 is 0 Å². The zero-order chi connectivity index (χ0) is 21.8. The highest BCUT2D eigenvalue weighted by Gasteiger charge is 2.41. The number of sulfonamides is 1. The predicted molar refractivity (Wildman–Crippen MR) is 108 cm³/mol. The Kier molecular flexibility index (Phi) is 6.99. The van der Waals surface area contributed by atoms with Crippen LogP contribution in [0.5, 0.6) is 5.75 Å². The molecule has 1 aliphatic heterocycles. The van der Waals surface area contributed by atoms with Gasteiger partial charge < -0.3 is 19.9 Å². The Hall–Kier alpha value is -2.17. The summed E-state index contributed by atoms with van der Waals surface area (Å²) in [5, 5.41) is 12.3. The number of carboxylic acid groups (broad SMARTS) is 1. The summed E-state index contributed by atoms with van der Waals surface area (Å²) < 4.78 is 37.9. The highest BCUT2D eigenvalue weighted by atomic mass is 32.2. The van der Waals surface area contributed by atoms with Crippen LogP contribution in [0.3, 0.4) is 0 Å². The lowest BCUT2D eigenvalue weighted by Crippen LogP contribution is -2.56. The quantitative estimate of drug-likeness (QED) is 0.652. The molecule has 10 heteroatoms. The van der Waals surface area contributed by atoms with E-state index in [2.05, 4.69) is 5.32 Å². The lowest BCUT2D eigenvalue weighted by Gasteiger charge is -2.34. The summed E-state index contributed by atoms with van der Waals surface area (Å²) >= 11 is 0. The molecule has 166 valence electrons. The molecule has 0 radical (unpaired) electrons. The van der Waals surface area contributed by atoms with E-state index in [0.29, 0.717) is 31.6 Å². The van der Waals surface area contributed by atoms with Gasteiger partial charge in [0.15, 0.2) is 0 Å². The van der Waals surface area contributed by atoms with E-state index < -0.39 is 27.4 Å². The topological polar surface area (TPSA) is 122 Å². The fourth-order valence-corrected chi connectivity index (χ4v) is 5.62. The number of benzene rings is 1. The van der Waals surface area contributed by atoms with Crippen molar-refractivity contribution in [1.82, 2.24) is 9.62 Å². The number of aliphatic carboxylic acids is 1. The van der Waals surface area contributed by atoms with E-state index in [0.717, 1.165) is 19.3 Å². The van der Waals surface area contributed by atoms with Crippen molar-refractivity contribution in [3.8, 4) is 5.75 Å². The molecule has 2 N–H and O–H groups in total. The van der Waals surface area contributed by atoms with E-state index in [1.165, 1.54) is 23.5 Å². The van der Waals surface area contributed by atoms with E-state index in [4.69, 9.17) is 9.47 Å². The summed E-state index contributed by atoms with van der Waals surface area (Å²) in [5.74, 6) is -1.28. The second-order valence-corrected chi connectivity index (χ2v) is 9.58. The van der Waals surface area contributed by atoms with Gasteiger partial charge in [0.2, 0.25) is 15.9 Å². The zero-order valence-electron chi connectivity index (χ0n) is 17.1. The Morgan fingerprint density at radius 3 is 2.47 bits per heavy atom. The smallest absolute Gasteiger partial charge is 0.329 e. The second-order valence-electron chi connectivity index (χ2n) is 7.67. The van der Waals surface area contributed by atoms with Gasteiger partial charge in [0, 0.05) is 13.1 Å². The fourth-order valence-electron chi connectivity index (χ4n) is 4.00. The third-order valence-electron chi connectivity index (χ3n) is 5.68. The third kappa shape index (κ3) is 4.76. The summed E-state index contributed by atoms with van der Waals surface area (Å²) in [4.78, 5) is 24.4. The molecular formula is C20H28N2O7S. The highest BCUT2D eigenvalue weighted by molar-refractivity contribution is 7.89. The standard InChI is InChI=1S/C20H28N2O7S/c1-28-16-6-5-15(13-17(16)30(26,27)22-9-11-29-12-10-22)14-18(23)21-20(19(24)25)7-3-2-4-8-20/h5-6,13H,2-4,7-12,14H2,1H3,(H,21,23)(H,24,25). The Bertz CT molecular complexity index is 888. The molecular weight excluding hydrogens is 412 g/mol. The summed E-state index contributed by atoms with van der Waals surface area (Å²) in [6.45, 7) is 1.14. The number of amides is 1. The molecule has 1 saturated heterocycles. The van der Waals surface area contributed by atoms with Crippen LogP contribution in [-0.2, 0) is 30.8 Å². The molecule has 3 rings (SSSR count). The number of nitrogens with zero attached hydrogens (tertiary/aromatic N) is 1. The van der Waals surface area contributed by atoms with Crippen molar-refractivity contribution in [3.05, 3.63) is 23.8 Å². The number of ether oxygens (including phenoxy) is 2. The molecule has 1 amide bonds. The van der Waals surface area contributed by atoms with Crippen molar-refractivity contribution >= 4 is 21.9 Å². The van der Waals surface area contributed by atoms with Gasteiger partial charge in [-0.2, -0.15) is 4.31 Å². The first kappa shape index (κ1) is 22.5. The first-order chi connectivity index (χ1) is 14.3. The summed E-state index contributed by atoms with van der Waals surface area (Å²) in [5.41, 5.74) is -0.777. The van der Waals surface area contributed by atoms with Gasteiger partial charge in [-0.05, 0) is 30.5 Å². The van der Waals surface area contributed by atoms with Crippen LogP contribution in [0.15, 0.2) is 23.1 Å². The Morgan fingerprint density at radius 2 is 1.87 bits per heavy atom. The van der Waals surface area contributed by atoms with Crippen LogP contribution < -0.4 is 10.1 Å². The molecule has 0 spiro atoms. The lowest BCUT2D eigenvalue weighted by atomic mass is 9.81. The molecule has 0 unspecified atom stereocenters. The van der Waals surface area contributed by atoms with Crippen molar-refractivity contribution in [2.24, 2.45) is 0 Å². The molecule has 2 fully saturated rings. The van der Waals surface area contributed by atoms with Crippen molar-refractivity contribution in [2.45, 2.75) is 49.0 Å². The minimum absolute atomic E-state index is 0.0113. The SMILES string of the molecule is COc1ccc(CC(=O)NC2(C(=O)O)CCCCC2)cc1S(=O)(=O)N1CCOCC1. The van der Waals surface area contributed by atoms with Crippen LogP contribution in [0.1, 0.15) is 37.7 Å². The van der Waals surface area contributed by atoms with E-state index in [1.54, 1.807) is 6.07 Å². The number of rotatable bonds is 7. The minimum Gasteiger partial charge on any atom is -0.495 e. The van der Waals surface area contributed by atoms with Gasteiger partial charge in [0.05, 0.1) is 26.7 Å². The Labute approximate surface area is 176 Å². The normalized spacial score (nSPS) is 19.8. The number of carboxylic acids is 1. The van der Waals surface area contributed by atoms with Crippen LogP contribution in [0, 0.1) is 0 Å². The highest BCUT2D eigenvalue weighted by Crippen LogP contribution is 2.30. The van der Waals surface area contributed by atoms with Gasteiger partial charge in [0.25, 0.3) is 0 Å². The molecule has 1 aromatic carbocycles. The van der Waals surface area contributed by atoms with E-state index in [1.807, 2.05) is 0 Å². The Morgan fingerprint density at radius 1 is 1.20 bits per heavy atom. The number of methoxy groups -OCH3 is 1. The molecule has 0 bridgehead atoms. The second kappa shape index (κ2) is 9.32. The van der Waals surface area contributed by atoms with Gasteiger partial charge in [-0.1, -0.05) is 25.3 Å². The molecule has 1 aliphatic carbocycles. The van der Waals surface area contributed by atoms with Crippen LogP contribution in [0.25, 0.3) is 0 Å². The first-order valence-electron chi connectivity index (χ1n) is 10.1. The molecule has 1 saturated carbocycles. The monoisotopic (exact) mass is 440 g/mol. The third-order valence-corrected chi connectivity index (χ3v) is 7.60. The van der Waals surface area contributed by atoms with Gasteiger partial charge in [0.1, 0.15) is 16.2 Å². The molecule has 30 heavy (non-hydrogen) atoms. The van der Waals surface area contributed by atoms with Crippen LogP contribution >= 0.6 is 0 Å². The number of nitrogens with one attached hydrogen (secondary N) is 1. The van der Waals surface area contributed by atoms with Crippen LogP contribution in [0.2, 0.25) is 0 Å². The molecule has 1 heterocycles. The molecule has 0 atom stereocenters. The van der Waals surface area contributed by atoms with Crippen molar-refractivity contribution in [1.29, 1.82) is 0 Å². The summed E-state index contributed by atoms with van der Waals surface area (Å²) in [7, 11) is -2.42. The molecule has 0 aromatic heterocycles. The first-order valence-corrected chi connectivity index (χ1v) is 11.5. The summed E-state index contributed by atoms with van der Waals surface area (Å²) in [6.07, 6.45) is 3.12. The van der Waals surface area contributed by atoms with Gasteiger partial charge >= 0.3 is 5.97 Å².